The molecule has 4 heteroatoms. The fraction of sp³-hybridized carbons (Fsp3) is 0. The Hall–Kier alpha value is -6.10. The third-order valence-corrected chi connectivity index (χ3v) is 8.20. The number of para-hydroxylation sites is 4. The highest BCUT2D eigenvalue weighted by Crippen LogP contribution is 2.41. The lowest BCUT2D eigenvalue weighted by molar-refractivity contribution is 1.16. The molecule has 0 aliphatic carbocycles. The van der Waals surface area contributed by atoms with E-state index in [2.05, 4.69) is 130 Å². The molecule has 0 saturated carbocycles. The van der Waals surface area contributed by atoms with Crippen LogP contribution in [0.5, 0.6) is 0 Å². The lowest BCUT2D eigenvalue weighted by Crippen LogP contribution is -2.00. The van der Waals surface area contributed by atoms with E-state index in [9.17, 15) is 10.5 Å². The predicted octanol–water partition coefficient (Wildman–Crippen LogP) is 9.29. The van der Waals surface area contributed by atoms with Crippen molar-refractivity contribution in [2.75, 3.05) is 0 Å². The Kier molecular flexibility index (Phi) is 5.22. The highest BCUT2D eigenvalue weighted by molar-refractivity contribution is 6.14. The van der Waals surface area contributed by atoms with Gasteiger partial charge in [0.25, 0.3) is 0 Å². The zero-order valence-corrected chi connectivity index (χ0v) is 22.5. The summed E-state index contributed by atoms with van der Waals surface area (Å²) in [6, 6.07) is 50.4. The van der Waals surface area contributed by atoms with Crippen molar-refractivity contribution in [3.8, 4) is 34.6 Å². The first-order valence-corrected chi connectivity index (χ1v) is 13.8. The van der Waals surface area contributed by atoms with Crippen LogP contribution in [0.2, 0.25) is 0 Å². The Morgan fingerprint density at radius 2 is 0.976 bits per heavy atom. The van der Waals surface area contributed by atoms with Crippen LogP contribution in [0.3, 0.4) is 0 Å². The minimum Gasteiger partial charge on any atom is -0.309 e. The number of rotatable bonds is 3. The molecule has 0 N–H and O–H groups in total. The van der Waals surface area contributed by atoms with Gasteiger partial charge in [0.05, 0.1) is 38.9 Å². The maximum Gasteiger partial charge on any atom is 0.101 e. The molecule has 0 aliphatic heterocycles. The van der Waals surface area contributed by atoms with Crippen LogP contribution in [0, 0.1) is 22.7 Å². The second-order valence-corrected chi connectivity index (χ2v) is 10.4. The molecule has 0 radical (unpaired) electrons. The summed E-state index contributed by atoms with van der Waals surface area (Å²) in [5, 5.41) is 24.1. The molecule has 0 amide bonds. The number of benzene rings is 6. The van der Waals surface area contributed by atoms with Crippen LogP contribution >= 0.6 is 0 Å². The summed E-state index contributed by atoms with van der Waals surface area (Å²) in [6.07, 6.45) is 0. The van der Waals surface area contributed by atoms with Gasteiger partial charge >= 0.3 is 0 Å². The van der Waals surface area contributed by atoms with Gasteiger partial charge in [0.15, 0.2) is 0 Å². The van der Waals surface area contributed by atoms with Crippen LogP contribution in [-0.2, 0) is 0 Å². The molecule has 0 spiro atoms. The van der Waals surface area contributed by atoms with Crippen molar-refractivity contribution in [2.45, 2.75) is 0 Å². The molecule has 0 saturated heterocycles. The van der Waals surface area contributed by atoms with Gasteiger partial charge in [-0.25, -0.2) is 0 Å². The van der Waals surface area contributed by atoms with Crippen molar-refractivity contribution in [3.05, 3.63) is 145 Å². The van der Waals surface area contributed by atoms with Crippen molar-refractivity contribution in [1.82, 2.24) is 9.13 Å². The summed E-state index contributed by atoms with van der Waals surface area (Å²) >= 11 is 0. The Balaban J connectivity index is 1.58. The van der Waals surface area contributed by atoms with Crippen molar-refractivity contribution < 1.29 is 0 Å². The van der Waals surface area contributed by atoms with Crippen molar-refractivity contribution in [3.63, 3.8) is 0 Å². The van der Waals surface area contributed by atoms with E-state index in [1.54, 1.807) is 6.07 Å². The van der Waals surface area contributed by atoms with Gasteiger partial charge in [-0.3, -0.25) is 0 Å². The molecule has 8 aromatic rings. The van der Waals surface area contributed by atoms with E-state index < -0.39 is 0 Å². The minimum absolute atomic E-state index is 0.370. The molecule has 2 aromatic heterocycles. The second kappa shape index (κ2) is 9.24. The lowest BCUT2D eigenvalue weighted by atomic mass is 9.96. The molecule has 0 atom stereocenters. The quantitative estimate of drug-likeness (QED) is 0.227. The second-order valence-electron chi connectivity index (χ2n) is 10.4. The zero-order valence-electron chi connectivity index (χ0n) is 22.5. The smallest absolute Gasteiger partial charge is 0.101 e. The van der Waals surface area contributed by atoms with Gasteiger partial charge in [0, 0.05) is 32.8 Å². The monoisotopic (exact) mass is 534 g/mol. The number of nitriles is 2. The summed E-state index contributed by atoms with van der Waals surface area (Å²) < 4.78 is 4.65. The first-order valence-electron chi connectivity index (χ1n) is 13.8. The summed E-state index contributed by atoms with van der Waals surface area (Å²) in [5.74, 6) is 0. The van der Waals surface area contributed by atoms with Gasteiger partial charge in [-0.05, 0) is 60.2 Å². The van der Waals surface area contributed by atoms with E-state index in [0.29, 0.717) is 11.1 Å². The Labute approximate surface area is 242 Å². The van der Waals surface area contributed by atoms with E-state index in [0.717, 1.165) is 55.3 Å². The Morgan fingerprint density at radius 3 is 1.60 bits per heavy atom. The SMILES string of the molecule is N#Cc1ccc(-c2cc3c4ccccc4n(-c4ccccc4)c3cc2-n2c3ccccc3c3ccccc32)cc1C#N. The molecule has 0 bridgehead atoms. The van der Waals surface area contributed by atoms with E-state index in [1.807, 2.05) is 18.2 Å². The molecule has 42 heavy (non-hydrogen) atoms. The maximum atomic E-state index is 9.89. The Morgan fingerprint density at radius 1 is 0.429 bits per heavy atom. The molecule has 2 heterocycles. The first-order chi connectivity index (χ1) is 20.8. The fourth-order valence-electron chi connectivity index (χ4n) is 6.36. The molecular weight excluding hydrogens is 512 g/mol. The van der Waals surface area contributed by atoms with Crippen LogP contribution in [0.25, 0.3) is 66.1 Å². The van der Waals surface area contributed by atoms with E-state index >= 15 is 0 Å². The van der Waals surface area contributed by atoms with E-state index in [4.69, 9.17) is 0 Å². The highest BCUT2D eigenvalue weighted by atomic mass is 15.0. The predicted molar refractivity (Wildman–Crippen MR) is 170 cm³/mol. The average Bonchev–Trinajstić information content (AvgIpc) is 3.56. The van der Waals surface area contributed by atoms with Crippen LogP contribution in [0.1, 0.15) is 11.1 Å². The van der Waals surface area contributed by atoms with Crippen molar-refractivity contribution >= 4 is 43.6 Å². The van der Waals surface area contributed by atoms with E-state index in [1.165, 1.54) is 10.8 Å². The summed E-state index contributed by atoms with van der Waals surface area (Å²) in [6.45, 7) is 0. The van der Waals surface area contributed by atoms with Crippen LogP contribution in [-0.4, -0.2) is 9.13 Å². The van der Waals surface area contributed by atoms with Gasteiger partial charge in [0.2, 0.25) is 0 Å². The van der Waals surface area contributed by atoms with Gasteiger partial charge in [-0.2, -0.15) is 10.5 Å². The molecule has 0 unspecified atom stereocenters. The third kappa shape index (κ3) is 3.40. The normalized spacial score (nSPS) is 11.3. The number of nitrogens with zero attached hydrogens (tertiary/aromatic N) is 4. The van der Waals surface area contributed by atoms with Crippen molar-refractivity contribution in [2.24, 2.45) is 0 Å². The van der Waals surface area contributed by atoms with Crippen molar-refractivity contribution in [1.29, 1.82) is 10.5 Å². The minimum atomic E-state index is 0.370. The number of aromatic nitrogens is 2. The molecule has 194 valence electrons. The van der Waals surface area contributed by atoms with Gasteiger partial charge < -0.3 is 9.13 Å². The lowest BCUT2D eigenvalue weighted by Gasteiger charge is -2.16. The summed E-state index contributed by atoms with van der Waals surface area (Å²) in [4.78, 5) is 0. The largest absolute Gasteiger partial charge is 0.309 e. The zero-order chi connectivity index (χ0) is 28.2. The highest BCUT2D eigenvalue weighted by Gasteiger charge is 2.20. The number of fused-ring (bicyclic) bond motifs is 6. The van der Waals surface area contributed by atoms with Crippen LogP contribution < -0.4 is 0 Å². The third-order valence-electron chi connectivity index (χ3n) is 8.20. The molecule has 8 rings (SSSR count). The standard InChI is InChI=1S/C38H22N4/c39-23-26-19-18-25(20-27(26)24-40)32-21-33-31-14-6-7-15-34(31)41(28-10-2-1-3-11-28)38(33)22-37(32)42-35-16-8-4-12-29(35)30-13-5-9-17-36(30)42/h1-22H. The molecular formula is C38H22N4. The van der Waals surface area contributed by atoms with Crippen LogP contribution in [0.4, 0.5) is 0 Å². The summed E-state index contributed by atoms with van der Waals surface area (Å²) in [7, 11) is 0. The fourth-order valence-corrected chi connectivity index (χ4v) is 6.36. The molecule has 4 nitrogen and oxygen atoms in total. The summed E-state index contributed by atoms with van der Waals surface area (Å²) in [5.41, 5.74) is 9.16. The maximum absolute atomic E-state index is 9.89. The average molecular weight is 535 g/mol. The van der Waals surface area contributed by atoms with E-state index in [-0.39, 0.29) is 0 Å². The Bertz CT molecular complexity index is 2380. The van der Waals surface area contributed by atoms with Crippen LogP contribution in [0.15, 0.2) is 133 Å². The number of hydrogen-bond acceptors (Lipinski definition) is 2. The molecule has 6 aromatic carbocycles. The van der Waals surface area contributed by atoms with Gasteiger partial charge in [-0.15, -0.1) is 0 Å². The molecule has 0 aliphatic rings. The first kappa shape index (κ1) is 23.8. The molecule has 0 fully saturated rings. The van der Waals surface area contributed by atoms with Gasteiger partial charge in [0.1, 0.15) is 12.1 Å². The van der Waals surface area contributed by atoms with Gasteiger partial charge in [-0.1, -0.05) is 78.9 Å². The number of hydrogen-bond donors (Lipinski definition) is 0. The topological polar surface area (TPSA) is 57.4 Å².